The highest BCUT2D eigenvalue weighted by Gasteiger charge is 2.16. The largest absolute Gasteiger partial charge is 0.309 e. The van der Waals surface area contributed by atoms with Gasteiger partial charge in [0, 0.05) is 33.0 Å². The van der Waals surface area contributed by atoms with Crippen molar-refractivity contribution in [1.82, 2.24) is 14.5 Å². The number of fused-ring (bicyclic) bond motifs is 4. The van der Waals surface area contributed by atoms with Gasteiger partial charge in [0.15, 0.2) is 5.82 Å². The maximum atomic E-state index is 5.22. The molecule has 0 unspecified atom stereocenters. The molecule has 0 bridgehead atoms. The molecule has 0 spiro atoms. The normalized spacial score (nSPS) is 11.4. The molecular weight excluding hydrogens is 571 g/mol. The Bertz CT molecular complexity index is 2550. The summed E-state index contributed by atoms with van der Waals surface area (Å²) in [5, 5.41) is 3.50. The zero-order valence-corrected chi connectivity index (χ0v) is 25.6. The molecule has 7 aromatic carbocycles. The first-order chi connectivity index (χ1) is 23.3. The fourth-order valence-corrected chi connectivity index (χ4v) is 6.73. The minimum atomic E-state index is 0.719. The van der Waals surface area contributed by atoms with Crippen LogP contribution in [0.1, 0.15) is 0 Å². The van der Waals surface area contributed by atoms with Crippen molar-refractivity contribution in [1.29, 1.82) is 0 Å². The molecule has 0 aliphatic heterocycles. The molecule has 9 rings (SSSR count). The van der Waals surface area contributed by atoms with Crippen molar-refractivity contribution in [3.05, 3.63) is 176 Å². The summed E-state index contributed by atoms with van der Waals surface area (Å²) in [6.07, 6.45) is 0. The fourth-order valence-electron chi connectivity index (χ4n) is 6.73. The molecule has 0 amide bonds. The smallest absolute Gasteiger partial charge is 0.160 e. The second-order valence-electron chi connectivity index (χ2n) is 11.9. The lowest BCUT2D eigenvalue weighted by atomic mass is 9.98. The minimum absolute atomic E-state index is 0.719. The molecule has 0 N–H and O–H groups in total. The monoisotopic (exact) mass is 599 g/mol. The molecule has 3 heteroatoms. The molecule has 0 saturated heterocycles. The van der Waals surface area contributed by atoms with Crippen LogP contribution in [0.25, 0.3) is 83.3 Å². The third-order valence-electron chi connectivity index (χ3n) is 8.99. The molecule has 2 aromatic heterocycles. The van der Waals surface area contributed by atoms with E-state index in [2.05, 4.69) is 168 Å². The van der Waals surface area contributed by atoms with Gasteiger partial charge in [-0.3, -0.25) is 0 Å². The minimum Gasteiger partial charge on any atom is -0.309 e. The highest BCUT2D eigenvalue weighted by molar-refractivity contribution is 6.10. The molecule has 0 atom stereocenters. The van der Waals surface area contributed by atoms with E-state index in [1.165, 1.54) is 27.4 Å². The Labute approximate surface area is 273 Å². The second kappa shape index (κ2) is 11.2. The van der Waals surface area contributed by atoms with E-state index < -0.39 is 0 Å². The Hall–Kier alpha value is -6.32. The zero-order chi connectivity index (χ0) is 31.2. The fraction of sp³-hybridized carbons (Fsp3) is 0. The maximum absolute atomic E-state index is 5.22. The number of hydrogen-bond acceptors (Lipinski definition) is 2. The van der Waals surface area contributed by atoms with Crippen molar-refractivity contribution in [3.8, 4) is 50.6 Å². The van der Waals surface area contributed by atoms with Crippen molar-refractivity contribution in [3.63, 3.8) is 0 Å². The average Bonchev–Trinajstić information content (AvgIpc) is 3.49. The van der Waals surface area contributed by atoms with E-state index in [9.17, 15) is 0 Å². The SMILES string of the molecule is c1ccc(-c2cccc(-c3nc(-c4ccccc4)c4cc(-c5ccc6c(c5)c5ccccc5n6-c5ccccc5)ccc4n3)c2)cc1. The molecule has 0 radical (unpaired) electrons. The first-order valence-electron chi connectivity index (χ1n) is 15.9. The van der Waals surface area contributed by atoms with Crippen molar-refractivity contribution < 1.29 is 0 Å². The second-order valence-corrected chi connectivity index (χ2v) is 11.9. The van der Waals surface area contributed by atoms with Crippen LogP contribution in [0.15, 0.2) is 176 Å². The van der Waals surface area contributed by atoms with Gasteiger partial charge in [0.05, 0.1) is 22.2 Å². The maximum Gasteiger partial charge on any atom is 0.160 e. The summed E-state index contributed by atoms with van der Waals surface area (Å²) in [5.74, 6) is 0.719. The Morgan fingerprint density at radius 3 is 1.70 bits per heavy atom. The Morgan fingerprint density at radius 1 is 0.340 bits per heavy atom. The van der Waals surface area contributed by atoms with E-state index >= 15 is 0 Å². The van der Waals surface area contributed by atoms with E-state index in [4.69, 9.17) is 9.97 Å². The number of hydrogen-bond donors (Lipinski definition) is 0. The van der Waals surface area contributed by atoms with Gasteiger partial charge in [0.1, 0.15) is 0 Å². The van der Waals surface area contributed by atoms with E-state index in [0.29, 0.717) is 0 Å². The van der Waals surface area contributed by atoms with Gasteiger partial charge >= 0.3 is 0 Å². The summed E-state index contributed by atoms with van der Waals surface area (Å²) in [5.41, 5.74) is 12.1. The van der Waals surface area contributed by atoms with Crippen molar-refractivity contribution >= 4 is 32.7 Å². The Morgan fingerprint density at radius 2 is 0.915 bits per heavy atom. The van der Waals surface area contributed by atoms with Gasteiger partial charge in [-0.25, -0.2) is 9.97 Å². The summed E-state index contributed by atoms with van der Waals surface area (Å²) in [6.45, 7) is 0. The molecular formula is C44H29N3. The van der Waals surface area contributed by atoms with Gasteiger partial charge in [-0.2, -0.15) is 0 Å². The van der Waals surface area contributed by atoms with E-state index in [1.54, 1.807) is 0 Å². The van der Waals surface area contributed by atoms with Crippen LogP contribution in [-0.4, -0.2) is 14.5 Å². The van der Waals surface area contributed by atoms with E-state index in [-0.39, 0.29) is 0 Å². The number of para-hydroxylation sites is 2. The van der Waals surface area contributed by atoms with Crippen molar-refractivity contribution in [2.75, 3.05) is 0 Å². The van der Waals surface area contributed by atoms with E-state index in [1.807, 2.05) is 12.1 Å². The predicted octanol–water partition coefficient (Wildman–Crippen LogP) is 11.4. The van der Waals surface area contributed by atoms with Gasteiger partial charge in [0.25, 0.3) is 0 Å². The van der Waals surface area contributed by atoms with Gasteiger partial charge < -0.3 is 4.57 Å². The Balaban J connectivity index is 1.21. The zero-order valence-electron chi connectivity index (χ0n) is 25.6. The van der Waals surface area contributed by atoms with Gasteiger partial charge in [-0.05, 0) is 70.8 Å². The quantitative estimate of drug-likeness (QED) is 0.197. The third-order valence-corrected chi connectivity index (χ3v) is 8.99. The predicted molar refractivity (Wildman–Crippen MR) is 196 cm³/mol. The molecule has 3 nitrogen and oxygen atoms in total. The Kier molecular flexibility index (Phi) is 6.46. The summed E-state index contributed by atoms with van der Waals surface area (Å²) in [6, 6.07) is 62.0. The van der Waals surface area contributed by atoms with Crippen LogP contribution in [-0.2, 0) is 0 Å². The van der Waals surface area contributed by atoms with E-state index in [0.717, 1.165) is 55.9 Å². The van der Waals surface area contributed by atoms with Gasteiger partial charge in [-0.15, -0.1) is 0 Å². The first kappa shape index (κ1) is 27.0. The molecule has 47 heavy (non-hydrogen) atoms. The molecule has 2 heterocycles. The summed E-state index contributed by atoms with van der Waals surface area (Å²) in [4.78, 5) is 10.3. The van der Waals surface area contributed by atoms with Crippen LogP contribution in [0.3, 0.4) is 0 Å². The molecule has 0 saturated carbocycles. The first-order valence-corrected chi connectivity index (χ1v) is 15.9. The molecule has 9 aromatic rings. The highest BCUT2D eigenvalue weighted by atomic mass is 15.0. The highest BCUT2D eigenvalue weighted by Crippen LogP contribution is 2.37. The number of aromatic nitrogens is 3. The van der Waals surface area contributed by atoms with Gasteiger partial charge in [0.2, 0.25) is 0 Å². The van der Waals surface area contributed by atoms with Crippen LogP contribution >= 0.6 is 0 Å². The topological polar surface area (TPSA) is 30.7 Å². The summed E-state index contributed by atoms with van der Waals surface area (Å²) in [7, 11) is 0. The lowest BCUT2D eigenvalue weighted by Gasteiger charge is -2.12. The van der Waals surface area contributed by atoms with Crippen molar-refractivity contribution in [2.24, 2.45) is 0 Å². The van der Waals surface area contributed by atoms with Crippen LogP contribution in [0, 0.1) is 0 Å². The molecule has 0 aliphatic rings. The van der Waals surface area contributed by atoms with Crippen LogP contribution in [0.5, 0.6) is 0 Å². The van der Waals surface area contributed by atoms with Gasteiger partial charge in [-0.1, -0.05) is 127 Å². The van der Waals surface area contributed by atoms with Crippen molar-refractivity contribution in [2.45, 2.75) is 0 Å². The molecule has 0 aliphatic carbocycles. The van der Waals surface area contributed by atoms with Crippen LogP contribution in [0.4, 0.5) is 0 Å². The standard InChI is InChI=1S/C44H29N3/c1-4-13-30(14-5-1)32-17-12-18-35(27-32)44-45-40-25-23-33(29-39(40)43(46-44)31-15-6-2-7-16-31)34-24-26-42-38(28-34)37-21-10-11-22-41(37)47(42)36-19-8-3-9-20-36/h1-29H. The third kappa shape index (κ3) is 4.77. The number of rotatable bonds is 5. The summed E-state index contributed by atoms with van der Waals surface area (Å²) < 4.78 is 2.35. The lowest BCUT2D eigenvalue weighted by Crippen LogP contribution is -1.96. The van der Waals surface area contributed by atoms with Crippen LogP contribution < -0.4 is 0 Å². The average molecular weight is 600 g/mol. The number of nitrogens with zero attached hydrogens (tertiary/aromatic N) is 3. The van der Waals surface area contributed by atoms with Crippen LogP contribution in [0.2, 0.25) is 0 Å². The lowest BCUT2D eigenvalue weighted by molar-refractivity contribution is 1.18. The summed E-state index contributed by atoms with van der Waals surface area (Å²) >= 11 is 0. The number of benzene rings is 7. The molecule has 0 fully saturated rings. The molecule has 220 valence electrons.